The van der Waals surface area contributed by atoms with Gasteiger partial charge in [0.05, 0.1) is 11.7 Å². The number of hydrogen-bond donors (Lipinski definition) is 2. The van der Waals surface area contributed by atoms with Gasteiger partial charge >= 0.3 is 0 Å². The summed E-state index contributed by atoms with van der Waals surface area (Å²) in [6, 6.07) is 5.91. The first-order valence-electron chi connectivity index (χ1n) is 6.49. The predicted octanol–water partition coefficient (Wildman–Crippen LogP) is 3.40. The van der Waals surface area contributed by atoms with Gasteiger partial charge in [-0.15, -0.1) is 11.8 Å². The Labute approximate surface area is 113 Å². The largest absolute Gasteiger partial charge is 0.490 e. The van der Waals surface area contributed by atoms with Crippen LogP contribution in [0.25, 0.3) is 0 Å². The minimum Gasteiger partial charge on any atom is -0.490 e. The minimum atomic E-state index is 0.0968. The molecule has 0 heterocycles. The highest BCUT2D eigenvalue weighted by Gasteiger charge is 2.20. The summed E-state index contributed by atoms with van der Waals surface area (Å²) < 4.78 is 6.02. The van der Waals surface area contributed by atoms with Crippen molar-refractivity contribution in [3.05, 3.63) is 23.8 Å². The molecular weight excluding hydrogens is 244 g/mol. The fourth-order valence-corrected chi connectivity index (χ4v) is 3.18. The van der Waals surface area contributed by atoms with Crippen molar-refractivity contribution in [2.24, 2.45) is 5.73 Å². The zero-order valence-corrected chi connectivity index (χ0v) is 11.6. The zero-order valence-electron chi connectivity index (χ0n) is 10.7. The van der Waals surface area contributed by atoms with Gasteiger partial charge in [-0.3, -0.25) is 5.41 Å². The fourth-order valence-electron chi connectivity index (χ4n) is 2.34. The van der Waals surface area contributed by atoms with Crippen molar-refractivity contribution in [1.29, 1.82) is 5.41 Å². The Kier molecular flexibility index (Phi) is 4.53. The molecule has 98 valence electrons. The highest BCUT2D eigenvalue weighted by molar-refractivity contribution is 7.99. The van der Waals surface area contributed by atoms with Crippen molar-refractivity contribution in [3.63, 3.8) is 0 Å². The summed E-state index contributed by atoms with van der Waals surface area (Å²) in [5.41, 5.74) is 6.47. The third-order valence-corrected chi connectivity index (χ3v) is 4.09. The van der Waals surface area contributed by atoms with Crippen molar-refractivity contribution >= 4 is 17.6 Å². The Morgan fingerprint density at radius 3 is 2.78 bits per heavy atom. The van der Waals surface area contributed by atoms with Crippen molar-refractivity contribution < 1.29 is 4.74 Å². The lowest BCUT2D eigenvalue weighted by Gasteiger charge is -2.18. The molecule has 0 saturated heterocycles. The normalized spacial score (nSPS) is 15.8. The number of nitrogens with two attached hydrogens (primary N) is 1. The third kappa shape index (κ3) is 2.99. The second-order valence-corrected chi connectivity index (χ2v) is 5.81. The molecule has 1 aliphatic rings. The van der Waals surface area contributed by atoms with E-state index in [2.05, 4.69) is 6.92 Å². The van der Waals surface area contributed by atoms with Crippen LogP contribution in [0, 0.1) is 5.41 Å². The van der Waals surface area contributed by atoms with Gasteiger partial charge < -0.3 is 10.5 Å². The van der Waals surface area contributed by atoms with Crippen LogP contribution >= 0.6 is 11.8 Å². The maximum absolute atomic E-state index is 7.75. The Balaban J connectivity index is 2.26. The topological polar surface area (TPSA) is 59.1 Å². The number of amidine groups is 1. The SMILES string of the molecule is CCSc1cccc(OC2CCCC2)c1C(=N)N. The molecule has 4 heteroatoms. The van der Waals surface area contributed by atoms with Gasteiger partial charge in [0.1, 0.15) is 11.6 Å². The van der Waals surface area contributed by atoms with Gasteiger partial charge in [-0.1, -0.05) is 13.0 Å². The lowest BCUT2D eigenvalue weighted by atomic mass is 10.1. The first kappa shape index (κ1) is 13.3. The molecule has 1 aliphatic carbocycles. The van der Waals surface area contributed by atoms with E-state index in [0.29, 0.717) is 6.10 Å². The summed E-state index contributed by atoms with van der Waals surface area (Å²) in [5, 5.41) is 7.75. The molecule has 0 amide bonds. The number of thioether (sulfide) groups is 1. The lowest BCUT2D eigenvalue weighted by Crippen LogP contribution is -2.18. The van der Waals surface area contributed by atoms with E-state index in [1.165, 1.54) is 12.8 Å². The summed E-state index contributed by atoms with van der Waals surface area (Å²) in [6.45, 7) is 2.10. The van der Waals surface area contributed by atoms with Crippen molar-refractivity contribution in [2.75, 3.05) is 5.75 Å². The second kappa shape index (κ2) is 6.14. The highest BCUT2D eigenvalue weighted by atomic mass is 32.2. The van der Waals surface area contributed by atoms with E-state index in [1.54, 1.807) is 11.8 Å². The van der Waals surface area contributed by atoms with Crippen LogP contribution in [0.1, 0.15) is 38.2 Å². The highest BCUT2D eigenvalue weighted by Crippen LogP contribution is 2.32. The number of hydrogen-bond acceptors (Lipinski definition) is 3. The molecule has 3 nitrogen and oxygen atoms in total. The molecule has 1 saturated carbocycles. The zero-order chi connectivity index (χ0) is 13.0. The predicted molar refractivity (Wildman–Crippen MR) is 76.7 cm³/mol. The fraction of sp³-hybridized carbons (Fsp3) is 0.500. The summed E-state index contributed by atoms with van der Waals surface area (Å²) in [6.07, 6.45) is 5.00. The molecule has 0 unspecified atom stereocenters. The van der Waals surface area contributed by atoms with Gasteiger partial charge in [0.2, 0.25) is 0 Å². The maximum Gasteiger partial charge on any atom is 0.131 e. The molecule has 0 spiro atoms. The van der Waals surface area contributed by atoms with Crippen LogP contribution in [0.4, 0.5) is 0 Å². The Morgan fingerprint density at radius 2 is 2.17 bits per heavy atom. The molecule has 0 aromatic heterocycles. The van der Waals surface area contributed by atoms with Crippen LogP contribution in [0.5, 0.6) is 5.75 Å². The van der Waals surface area contributed by atoms with Crippen LogP contribution < -0.4 is 10.5 Å². The van der Waals surface area contributed by atoms with Crippen LogP contribution in [-0.4, -0.2) is 17.7 Å². The molecule has 0 radical (unpaired) electrons. The minimum absolute atomic E-state index is 0.0968. The number of benzene rings is 1. The summed E-state index contributed by atoms with van der Waals surface area (Å²) in [5.74, 6) is 1.83. The average Bonchev–Trinajstić information content (AvgIpc) is 2.82. The van der Waals surface area contributed by atoms with Gasteiger partial charge in [-0.25, -0.2) is 0 Å². The summed E-state index contributed by atoms with van der Waals surface area (Å²) in [7, 11) is 0. The first-order valence-corrected chi connectivity index (χ1v) is 7.47. The van der Waals surface area contributed by atoms with Gasteiger partial charge in [0.15, 0.2) is 0 Å². The monoisotopic (exact) mass is 264 g/mol. The van der Waals surface area contributed by atoms with E-state index in [0.717, 1.165) is 34.8 Å². The van der Waals surface area contributed by atoms with Crippen LogP contribution in [0.15, 0.2) is 23.1 Å². The van der Waals surface area contributed by atoms with Crippen molar-refractivity contribution in [3.8, 4) is 5.75 Å². The molecule has 3 N–H and O–H groups in total. The molecule has 0 atom stereocenters. The van der Waals surface area contributed by atoms with E-state index >= 15 is 0 Å². The van der Waals surface area contributed by atoms with Gasteiger partial charge in [-0.2, -0.15) is 0 Å². The Bertz CT molecular complexity index is 428. The molecule has 0 bridgehead atoms. The molecular formula is C14H20N2OS. The van der Waals surface area contributed by atoms with E-state index < -0.39 is 0 Å². The van der Waals surface area contributed by atoms with Crippen LogP contribution in [-0.2, 0) is 0 Å². The molecule has 2 rings (SSSR count). The van der Waals surface area contributed by atoms with Gasteiger partial charge in [0, 0.05) is 4.90 Å². The lowest BCUT2D eigenvalue weighted by molar-refractivity contribution is 0.209. The van der Waals surface area contributed by atoms with E-state index in [-0.39, 0.29) is 5.84 Å². The summed E-state index contributed by atoms with van der Waals surface area (Å²) in [4.78, 5) is 1.04. The quantitative estimate of drug-likeness (QED) is 0.487. The number of ether oxygens (including phenoxy) is 1. The standard InChI is InChI=1S/C14H20N2OS/c1-2-18-12-9-5-8-11(13(12)14(15)16)17-10-6-3-4-7-10/h5,8-10H,2-4,6-7H2,1H3,(H3,15,16). The molecule has 1 aromatic rings. The number of rotatable bonds is 5. The Hall–Kier alpha value is -1.16. The van der Waals surface area contributed by atoms with Crippen LogP contribution in [0.2, 0.25) is 0 Å². The van der Waals surface area contributed by atoms with Crippen LogP contribution in [0.3, 0.4) is 0 Å². The Morgan fingerprint density at radius 1 is 1.44 bits per heavy atom. The molecule has 1 fully saturated rings. The first-order chi connectivity index (χ1) is 8.72. The van der Waals surface area contributed by atoms with Crippen molar-refractivity contribution in [2.45, 2.75) is 43.6 Å². The van der Waals surface area contributed by atoms with E-state index in [4.69, 9.17) is 15.9 Å². The van der Waals surface area contributed by atoms with Gasteiger partial charge in [-0.05, 0) is 43.6 Å². The number of nitrogen functional groups attached to an aromatic ring is 1. The van der Waals surface area contributed by atoms with Crippen molar-refractivity contribution in [1.82, 2.24) is 0 Å². The molecule has 1 aromatic carbocycles. The average molecular weight is 264 g/mol. The number of nitrogens with one attached hydrogen (secondary N) is 1. The van der Waals surface area contributed by atoms with Gasteiger partial charge in [0.25, 0.3) is 0 Å². The summed E-state index contributed by atoms with van der Waals surface area (Å²) >= 11 is 1.70. The maximum atomic E-state index is 7.75. The van der Waals surface area contributed by atoms with E-state index in [1.807, 2.05) is 18.2 Å². The third-order valence-electron chi connectivity index (χ3n) is 3.15. The second-order valence-electron chi connectivity index (χ2n) is 4.50. The van der Waals surface area contributed by atoms with E-state index in [9.17, 15) is 0 Å². The smallest absolute Gasteiger partial charge is 0.131 e. The molecule has 18 heavy (non-hydrogen) atoms. The molecule has 0 aliphatic heterocycles.